The summed E-state index contributed by atoms with van der Waals surface area (Å²) >= 11 is 0. The number of hydrogen-bond donors (Lipinski definition) is 2. The van der Waals surface area contributed by atoms with Crippen LogP contribution in [-0.4, -0.2) is 42.0 Å². The van der Waals surface area contributed by atoms with Crippen LogP contribution in [0.4, 0.5) is 17.2 Å². The Balaban J connectivity index is 1.57. The highest BCUT2D eigenvalue weighted by atomic mass is 16.5. The van der Waals surface area contributed by atoms with Crippen LogP contribution >= 0.6 is 0 Å². The second-order valence-electron chi connectivity index (χ2n) is 7.38. The molecule has 0 unspecified atom stereocenters. The predicted octanol–water partition coefficient (Wildman–Crippen LogP) is 2.62. The molecule has 2 aromatic rings. The maximum atomic E-state index is 12.2. The van der Waals surface area contributed by atoms with Crippen molar-refractivity contribution >= 4 is 23.1 Å². The lowest BCUT2D eigenvalue weighted by atomic mass is 10.1. The van der Waals surface area contributed by atoms with Gasteiger partial charge in [-0.05, 0) is 44.0 Å². The molecule has 3 heterocycles. The van der Waals surface area contributed by atoms with Crippen LogP contribution in [0.2, 0.25) is 0 Å². The SMILES string of the molecule is CCOc1cc2c(c(N)n1)NC(=O)CN2Cc1cccc(CN2CCCC2)c1. The van der Waals surface area contributed by atoms with Crippen LogP contribution in [0.25, 0.3) is 0 Å². The summed E-state index contributed by atoms with van der Waals surface area (Å²) < 4.78 is 5.54. The van der Waals surface area contributed by atoms with Gasteiger partial charge >= 0.3 is 0 Å². The smallest absolute Gasteiger partial charge is 0.244 e. The molecule has 0 bridgehead atoms. The van der Waals surface area contributed by atoms with Gasteiger partial charge in [-0.2, -0.15) is 4.98 Å². The van der Waals surface area contributed by atoms with E-state index in [4.69, 9.17) is 10.5 Å². The van der Waals surface area contributed by atoms with Crippen molar-refractivity contribution in [1.82, 2.24) is 9.88 Å². The Hall–Kier alpha value is -2.80. The van der Waals surface area contributed by atoms with E-state index in [1.54, 1.807) is 0 Å². The number of hydrogen-bond acceptors (Lipinski definition) is 6. The van der Waals surface area contributed by atoms with Gasteiger partial charge in [0.25, 0.3) is 0 Å². The maximum Gasteiger partial charge on any atom is 0.244 e. The number of anilines is 3. The third-order valence-corrected chi connectivity index (χ3v) is 5.20. The molecule has 4 rings (SSSR count). The number of rotatable bonds is 6. The monoisotopic (exact) mass is 381 g/mol. The molecule has 1 aromatic heterocycles. The Bertz CT molecular complexity index is 864. The zero-order valence-electron chi connectivity index (χ0n) is 16.3. The number of benzene rings is 1. The molecule has 1 fully saturated rings. The molecule has 0 saturated carbocycles. The van der Waals surface area contributed by atoms with Gasteiger partial charge in [-0.25, -0.2) is 0 Å². The number of carbonyl (C=O) groups is 1. The van der Waals surface area contributed by atoms with E-state index in [0.717, 1.165) is 12.2 Å². The number of fused-ring (bicyclic) bond motifs is 1. The van der Waals surface area contributed by atoms with Crippen molar-refractivity contribution in [2.75, 3.05) is 42.2 Å². The first-order valence-corrected chi connectivity index (χ1v) is 9.90. The number of nitrogen functional groups attached to an aromatic ring is 1. The fraction of sp³-hybridized carbons (Fsp3) is 0.429. The van der Waals surface area contributed by atoms with Crippen LogP contribution in [0.1, 0.15) is 30.9 Å². The number of pyridine rings is 1. The summed E-state index contributed by atoms with van der Waals surface area (Å²) in [5.74, 6) is 0.669. The molecular formula is C21H27N5O2. The van der Waals surface area contributed by atoms with E-state index in [1.165, 1.54) is 37.1 Å². The van der Waals surface area contributed by atoms with Crippen LogP contribution in [0.15, 0.2) is 30.3 Å². The van der Waals surface area contributed by atoms with Crippen LogP contribution in [0, 0.1) is 0 Å². The molecule has 1 amide bonds. The Morgan fingerprint density at radius 1 is 1.18 bits per heavy atom. The molecule has 7 nitrogen and oxygen atoms in total. The third-order valence-electron chi connectivity index (χ3n) is 5.20. The molecular weight excluding hydrogens is 354 g/mol. The van der Waals surface area contributed by atoms with E-state index in [-0.39, 0.29) is 18.3 Å². The van der Waals surface area contributed by atoms with Crippen molar-refractivity contribution in [1.29, 1.82) is 0 Å². The van der Waals surface area contributed by atoms with E-state index >= 15 is 0 Å². The molecule has 2 aliphatic heterocycles. The standard InChI is InChI=1S/C21H27N5O2/c1-2-28-19-11-17-20(21(22)24-19)23-18(27)14-26(17)13-16-7-5-6-15(10-16)12-25-8-3-4-9-25/h5-7,10-11H,2-4,8-9,12-14H2,1H3,(H2,22,24)(H,23,27). The number of aromatic nitrogens is 1. The molecule has 0 atom stereocenters. The molecule has 0 aliphatic carbocycles. The summed E-state index contributed by atoms with van der Waals surface area (Å²) in [5.41, 5.74) is 9.96. The lowest BCUT2D eigenvalue weighted by Gasteiger charge is -2.31. The highest BCUT2D eigenvalue weighted by Crippen LogP contribution is 2.37. The van der Waals surface area contributed by atoms with E-state index in [1.807, 2.05) is 17.9 Å². The van der Waals surface area contributed by atoms with Gasteiger partial charge < -0.3 is 20.7 Å². The van der Waals surface area contributed by atoms with Crippen molar-refractivity contribution in [2.24, 2.45) is 0 Å². The van der Waals surface area contributed by atoms with Gasteiger partial charge in [-0.15, -0.1) is 0 Å². The second-order valence-corrected chi connectivity index (χ2v) is 7.38. The normalized spacial score (nSPS) is 16.8. The first-order valence-electron chi connectivity index (χ1n) is 9.90. The fourth-order valence-electron chi connectivity index (χ4n) is 3.95. The first-order chi connectivity index (χ1) is 13.6. The molecule has 2 aliphatic rings. The number of nitrogens with one attached hydrogen (secondary N) is 1. The zero-order chi connectivity index (χ0) is 19.5. The number of carbonyl (C=O) groups excluding carboxylic acids is 1. The van der Waals surface area contributed by atoms with Crippen LogP contribution < -0.4 is 20.7 Å². The van der Waals surface area contributed by atoms with Crippen molar-refractivity contribution in [3.63, 3.8) is 0 Å². The minimum atomic E-state index is -0.0848. The fourth-order valence-corrected chi connectivity index (χ4v) is 3.95. The Morgan fingerprint density at radius 3 is 2.68 bits per heavy atom. The van der Waals surface area contributed by atoms with Gasteiger partial charge in [0.2, 0.25) is 11.8 Å². The average molecular weight is 381 g/mol. The first kappa shape index (κ1) is 18.6. The topological polar surface area (TPSA) is 83.7 Å². The molecule has 0 radical (unpaired) electrons. The summed E-state index contributed by atoms with van der Waals surface area (Å²) in [5, 5.41) is 2.84. The molecule has 1 saturated heterocycles. The number of nitrogens with zero attached hydrogens (tertiary/aromatic N) is 3. The van der Waals surface area contributed by atoms with Crippen molar-refractivity contribution < 1.29 is 9.53 Å². The van der Waals surface area contributed by atoms with Crippen molar-refractivity contribution in [2.45, 2.75) is 32.9 Å². The maximum absolute atomic E-state index is 12.2. The van der Waals surface area contributed by atoms with E-state index < -0.39 is 0 Å². The molecule has 3 N–H and O–H groups in total. The average Bonchev–Trinajstić information content (AvgIpc) is 3.16. The molecule has 0 spiro atoms. The molecule has 148 valence electrons. The second kappa shape index (κ2) is 8.06. The Kier molecular flexibility index (Phi) is 5.34. The zero-order valence-corrected chi connectivity index (χ0v) is 16.3. The lowest BCUT2D eigenvalue weighted by Crippen LogP contribution is -2.38. The summed E-state index contributed by atoms with van der Waals surface area (Å²) in [4.78, 5) is 21.0. The van der Waals surface area contributed by atoms with Gasteiger partial charge in [-0.3, -0.25) is 9.69 Å². The van der Waals surface area contributed by atoms with Gasteiger partial charge in [0.15, 0.2) is 5.82 Å². The summed E-state index contributed by atoms with van der Waals surface area (Å²) in [6, 6.07) is 10.5. The lowest BCUT2D eigenvalue weighted by molar-refractivity contribution is -0.115. The van der Waals surface area contributed by atoms with Gasteiger partial charge in [0.05, 0.1) is 18.8 Å². The Labute approximate surface area is 165 Å². The molecule has 1 aromatic carbocycles. The van der Waals surface area contributed by atoms with Gasteiger partial charge in [0.1, 0.15) is 5.69 Å². The minimum Gasteiger partial charge on any atom is -0.478 e. The Morgan fingerprint density at radius 2 is 1.93 bits per heavy atom. The van der Waals surface area contributed by atoms with E-state index in [9.17, 15) is 4.79 Å². The van der Waals surface area contributed by atoms with Crippen molar-refractivity contribution in [3.05, 3.63) is 41.5 Å². The highest BCUT2D eigenvalue weighted by molar-refractivity contribution is 6.04. The highest BCUT2D eigenvalue weighted by Gasteiger charge is 2.26. The predicted molar refractivity (Wildman–Crippen MR) is 110 cm³/mol. The number of nitrogens with two attached hydrogens (primary N) is 1. The minimum absolute atomic E-state index is 0.0848. The summed E-state index contributed by atoms with van der Waals surface area (Å²) in [6.07, 6.45) is 2.58. The largest absolute Gasteiger partial charge is 0.478 e. The third kappa shape index (κ3) is 4.04. The van der Waals surface area contributed by atoms with Gasteiger partial charge in [0, 0.05) is 19.2 Å². The van der Waals surface area contributed by atoms with E-state index in [0.29, 0.717) is 24.7 Å². The molecule has 28 heavy (non-hydrogen) atoms. The number of ether oxygens (including phenoxy) is 1. The number of amides is 1. The quantitative estimate of drug-likeness (QED) is 0.800. The van der Waals surface area contributed by atoms with Crippen LogP contribution in [0.5, 0.6) is 5.88 Å². The summed E-state index contributed by atoms with van der Waals surface area (Å²) in [6.45, 7) is 6.66. The van der Waals surface area contributed by atoms with E-state index in [2.05, 4.69) is 39.5 Å². The summed E-state index contributed by atoms with van der Waals surface area (Å²) in [7, 11) is 0. The van der Waals surface area contributed by atoms with Gasteiger partial charge in [-0.1, -0.05) is 24.3 Å². The van der Waals surface area contributed by atoms with Crippen LogP contribution in [0.3, 0.4) is 0 Å². The molecule has 7 heteroatoms. The van der Waals surface area contributed by atoms with Crippen LogP contribution in [-0.2, 0) is 17.9 Å². The number of likely N-dealkylation sites (tertiary alicyclic amines) is 1. The van der Waals surface area contributed by atoms with Crippen molar-refractivity contribution in [3.8, 4) is 5.88 Å².